The Bertz CT molecular complexity index is 329. The highest BCUT2D eigenvalue weighted by atomic mass is 15.1. The largest absolute Gasteiger partial charge is 0.329 e. The summed E-state index contributed by atoms with van der Waals surface area (Å²) in [7, 11) is 0. The first-order valence-corrected chi connectivity index (χ1v) is 6.57. The molecule has 0 atom stereocenters. The molecule has 0 fully saturated rings. The van der Waals surface area contributed by atoms with Gasteiger partial charge in [0.25, 0.3) is 0 Å². The second kappa shape index (κ2) is 6.77. The zero-order valence-electron chi connectivity index (χ0n) is 11.7. The summed E-state index contributed by atoms with van der Waals surface area (Å²) in [6.07, 6.45) is 1.18. The number of benzene rings is 1. The van der Waals surface area contributed by atoms with E-state index in [1.165, 1.54) is 28.7 Å². The molecular formula is C15H26N2. The minimum absolute atomic E-state index is 0.740. The molecule has 0 aliphatic heterocycles. The molecule has 1 aromatic rings. The van der Waals surface area contributed by atoms with E-state index in [0.717, 1.165) is 26.2 Å². The van der Waals surface area contributed by atoms with E-state index in [0.29, 0.717) is 0 Å². The first-order valence-electron chi connectivity index (χ1n) is 6.57. The van der Waals surface area contributed by atoms with E-state index in [-0.39, 0.29) is 0 Å². The van der Waals surface area contributed by atoms with E-state index in [1.807, 2.05) is 0 Å². The van der Waals surface area contributed by atoms with Gasteiger partial charge in [0, 0.05) is 19.6 Å². The average molecular weight is 234 g/mol. The molecule has 2 heteroatoms. The van der Waals surface area contributed by atoms with Gasteiger partial charge in [-0.15, -0.1) is 0 Å². The monoisotopic (exact) mass is 234 g/mol. The highest BCUT2D eigenvalue weighted by Gasteiger charge is 2.09. The molecule has 1 rings (SSSR count). The van der Waals surface area contributed by atoms with E-state index in [4.69, 9.17) is 5.73 Å². The molecule has 1 aromatic carbocycles. The Kier molecular flexibility index (Phi) is 5.66. The molecule has 0 saturated heterocycles. The number of aryl methyl sites for hydroxylation is 3. The minimum atomic E-state index is 0.740. The average Bonchev–Trinajstić information content (AvgIpc) is 2.23. The summed E-state index contributed by atoms with van der Waals surface area (Å²) >= 11 is 0. The van der Waals surface area contributed by atoms with Crippen molar-refractivity contribution in [2.45, 2.75) is 40.7 Å². The summed E-state index contributed by atoms with van der Waals surface area (Å²) in [5.74, 6) is 0. The Morgan fingerprint density at radius 3 is 2.12 bits per heavy atom. The fourth-order valence-electron chi connectivity index (χ4n) is 2.45. The van der Waals surface area contributed by atoms with Gasteiger partial charge in [0.1, 0.15) is 0 Å². The van der Waals surface area contributed by atoms with Crippen LogP contribution in [0.3, 0.4) is 0 Å². The molecule has 0 spiro atoms. The van der Waals surface area contributed by atoms with Crippen molar-refractivity contribution >= 4 is 0 Å². The summed E-state index contributed by atoms with van der Waals surface area (Å²) in [6, 6.07) is 4.55. The Labute approximate surface area is 106 Å². The number of hydrogen-bond donors (Lipinski definition) is 1. The van der Waals surface area contributed by atoms with Crippen LogP contribution in [0.4, 0.5) is 0 Å². The Hall–Kier alpha value is -0.860. The van der Waals surface area contributed by atoms with E-state index >= 15 is 0 Å². The predicted molar refractivity (Wildman–Crippen MR) is 75.3 cm³/mol. The highest BCUT2D eigenvalue weighted by molar-refractivity contribution is 5.37. The Morgan fingerprint density at radius 2 is 1.65 bits per heavy atom. The van der Waals surface area contributed by atoms with E-state index < -0.39 is 0 Å². The van der Waals surface area contributed by atoms with Gasteiger partial charge in [0.15, 0.2) is 0 Å². The van der Waals surface area contributed by atoms with Crippen molar-refractivity contribution in [3.63, 3.8) is 0 Å². The van der Waals surface area contributed by atoms with Crippen LogP contribution < -0.4 is 5.73 Å². The third kappa shape index (κ3) is 4.14. The summed E-state index contributed by atoms with van der Waals surface area (Å²) in [6.45, 7) is 12.7. The summed E-state index contributed by atoms with van der Waals surface area (Å²) in [5.41, 5.74) is 11.3. The predicted octanol–water partition coefficient (Wildman–Crippen LogP) is 2.78. The van der Waals surface area contributed by atoms with Crippen molar-refractivity contribution in [2.24, 2.45) is 5.73 Å². The van der Waals surface area contributed by atoms with E-state index in [9.17, 15) is 0 Å². The van der Waals surface area contributed by atoms with Gasteiger partial charge in [-0.05, 0) is 50.4 Å². The van der Waals surface area contributed by atoms with E-state index in [1.54, 1.807) is 0 Å². The summed E-state index contributed by atoms with van der Waals surface area (Å²) in [5, 5.41) is 0. The first kappa shape index (κ1) is 14.2. The molecule has 0 heterocycles. The lowest BCUT2D eigenvalue weighted by Gasteiger charge is -2.23. The van der Waals surface area contributed by atoms with Gasteiger partial charge in [0.2, 0.25) is 0 Å². The van der Waals surface area contributed by atoms with Crippen molar-refractivity contribution in [1.82, 2.24) is 4.90 Å². The minimum Gasteiger partial charge on any atom is -0.329 e. The molecule has 0 unspecified atom stereocenters. The van der Waals surface area contributed by atoms with Crippen LogP contribution in [-0.4, -0.2) is 24.5 Å². The van der Waals surface area contributed by atoms with Crippen molar-refractivity contribution in [3.05, 3.63) is 34.4 Å². The zero-order chi connectivity index (χ0) is 12.8. The summed E-state index contributed by atoms with van der Waals surface area (Å²) < 4.78 is 0. The number of nitrogens with zero attached hydrogens (tertiary/aromatic N) is 1. The fraction of sp³-hybridized carbons (Fsp3) is 0.600. The second-order valence-corrected chi connectivity index (χ2v) is 4.94. The maximum atomic E-state index is 5.67. The van der Waals surface area contributed by atoms with Crippen LogP contribution in [0.25, 0.3) is 0 Å². The number of rotatable bonds is 6. The highest BCUT2D eigenvalue weighted by Crippen LogP contribution is 2.18. The van der Waals surface area contributed by atoms with Gasteiger partial charge in [-0.3, -0.25) is 4.90 Å². The molecule has 0 amide bonds. The van der Waals surface area contributed by atoms with Crippen LogP contribution in [0, 0.1) is 20.8 Å². The zero-order valence-corrected chi connectivity index (χ0v) is 11.7. The lowest BCUT2D eigenvalue weighted by atomic mass is 9.99. The molecule has 0 bridgehead atoms. The maximum absolute atomic E-state index is 5.67. The molecule has 0 aromatic heterocycles. The van der Waals surface area contributed by atoms with Gasteiger partial charge in [-0.25, -0.2) is 0 Å². The lowest BCUT2D eigenvalue weighted by Crippen LogP contribution is -2.30. The van der Waals surface area contributed by atoms with Crippen LogP contribution in [-0.2, 0) is 6.54 Å². The number of hydrogen-bond acceptors (Lipinski definition) is 2. The van der Waals surface area contributed by atoms with Crippen molar-refractivity contribution in [1.29, 1.82) is 0 Å². The van der Waals surface area contributed by atoms with E-state index in [2.05, 4.69) is 44.7 Å². The molecule has 0 aliphatic rings. The summed E-state index contributed by atoms with van der Waals surface area (Å²) in [4.78, 5) is 2.45. The third-order valence-electron chi connectivity index (χ3n) is 3.21. The molecule has 17 heavy (non-hydrogen) atoms. The van der Waals surface area contributed by atoms with Gasteiger partial charge < -0.3 is 5.73 Å². The van der Waals surface area contributed by atoms with Crippen LogP contribution in [0.1, 0.15) is 35.6 Å². The van der Waals surface area contributed by atoms with Crippen molar-refractivity contribution < 1.29 is 0 Å². The molecule has 0 radical (unpaired) electrons. The molecule has 2 nitrogen and oxygen atoms in total. The molecule has 0 saturated carbocycles. The fourth-order valence-corrected chi connectivity index (χ4v) is 2.45. The van der Waals surface area contributed by atoms with Crippen LogP contribution in [0.15, 0.2) is 12.1 Å². The Morgan fingerprint density at radius 1 is 1.06 bits per heavy atom. The normalized spacial score (nSPS) is 11.2. The van der Waals surface area contributed by atoms with Crippen LogP contribution >= 0.6 is 0 Å². The smallest absolute Gasteiger partial charge is 0.0239 e. The SMILES string of the molecule is CCCN(CCN)Cc1c(C)cc(C)cc1C. The van der Waals surface area contributed by atoms with Crippen LogP contribution in [0.5, 0.6) is 0 Å². The lowest BCUT2D eigenvalue weighted by molar-refractivity contribution is 0.272. The molecular weight excluding hydrogens is 208 g/mol. The second-order valence-electron chi connectivity index (χ2n) is 4.94. The van der Waals surface area contributed by atoms with Crippen molar-refractivity contribution in [2.75, 3.05) is 19.6 Å². The van der Waals surface area contributed by atoms with Gasteiger partial charge in [0.05, 0.1) is 0 Å². The van der Waals surface area contributed by atoms with Gasteiger partial charge in [-0.2, -0.15) is 0 Å². The van der Waals surface area contributed by atoms with Gasteiger partial charge in [-0.1, -0.05) is 24.6 Å². The quantitative estimate of drug-likeness (QED) is 0.820. The van der Waals surface area contributed by atoms with Crippen LogP contribution in [0.2, 0.25) is 0 Å². The molecule has 2 N–H and O–H groups in total. The molecule has 96 valence electrons. The third-order valence-corrected chi connectivity index (χ3v) is 3.21. The molecule has 0 aliphatic carbocycles. The standard InChI is InChI=1S/C15H26N2/c1-5-7-17(8-6-16)11-15-13(3)9-12(2)10-14(15)4/h9-10H,5-8,11,16H2,1-4H3. The topological polar surface area (TPSA) is 29.3 Å². The maximum Gasteiger partial charge on any atom is 0.0239 e. The Balaban J connectivity index is 2.84. The van der Waals surface area contributed by atoms with Gasteiger partial charge >= 0.3 is 0 Å². The van der Waals surface area contributed by atoms with Crippen molar-refractivity contribution in [3.8, 4) is 0 Å². The number of nitrogens with two attached hydrogens (primary N) is 1. The first-order chi connectivity index (χ1) is 8.08.